The van der Waals surface area contributed by atoms with Gasteiger partial charge in [-0.1, -0.05) is 17.3 Å². The van der Waals surface area contributed by atoms with Gasteiger partial charge in [-0.25, -0.2) is 0 Å². The van der Waals surface area contributed by atoms with E-state index >= 15 is 0 Å². The summed E-state index contributed by atoms with van der Waals surface area (Å²) in [6.45, 7) is 2.83. The van der Waals surface area contributed by atoms with Crippen LogP contribution in [0.3, 0.4) is 0 Å². The second-order valence-corrected chi connectivity index (χ2v) is 6.39. The smallest absolute Gasteiger partial charge is 0.279 e. The number of hydrogen-bond acceptors (Lipinski definition) is 4. The number of carbonyl (C=O) groups is 1. The fourth-order valence-corrected chi connectivity index (χ4v) is 3.58. The number of aromatic nitrogens is 1. The van der Waals surface area contributed by atoms with Crippen LogP contribution in [-0.4, -0.2) is 24.2 Å². The van der Waals surface area contributed by atoms with E-state index in [4.69, 9.17) is 15.9 Å². The van der Waals surface area contributed by atoms with Crippen molar-refractivity contribution < 1.29 is 14.3 Å². The van der Waals surface area contributed by atoms with Crippen molar-refractivity contribution in [1.82, 2.24) is 4.57 Å². The van der Waals surface area contributed by atoms with Gasteiger partial charge < -0.3 is 14.0 Å². The summed E-state index contributed by atoms with van der Waals surface area (Å²) in [4.78, 5) is 17.4. The SMILES string of the molecule is C#CCn1c(=NC(=O)c2ccc(OCC)cc2)sc2cc(OC)ccc21. The van der Waals surface area contributed by atoms with Crippen LogP contribution in [0.25, 0.3) is 10.2 Å². The fourth-order valence-electron chi connectivity index (χ4n) is 2.52. The van der Waals surface area contributed by atoms with E-state index in [9.17, 15) is 4.79 Å². The Morgan fingerprint density at radius 3 is 2.62 bits per heavy atom. The van der Waals surface area contributed by atoms with Crippen molar-refractivity contribution >= 4 is 27.5 Å². The largest absolute Gasteiger partial charge is 0.497 e. The van der Waals surface area contributed by atoms with Gasteiger partial charge in [0.15, 0.2) is 4.80 Å². The van der Waals surface area contributed by atoms with Crippen LogP contribution in [0.4, 0.5) is 0 Å². The Labute approximate surface area is 155 Å². The summed E-state index contributed by atoms with van der Waals surface area (Å²) in [5, 5.41) is 0. The zero-order valence-electron chi connectivity index (χ0n) is 14.6. The summed E-state index contributed by atoms with van der Waals surface area (Å²) in [5.74, 6) is 3.76. The van der Waals surface area contributed by atoms with Gasteiger partial charge in [0.05, 0.1) is 30.5 Å². The number of carbonyl (C=O) groups excluding carboxylic acids is 1. The number of terminal acetylenes is 1. The van der Waals surface area contributed by atoms with Crippen molar-refractivity contribution in [2.75, 3.05) is 13.7 Å². The van der Waals surface area contributed by atoms with Crippen LogP contribution in [0.1, 0.15) is 17.3 Å². The Bertz CT molecular complexity index is 1040. The minimum atomic E-state index is -0.322. The van der Waals surface area contributed by atoms with E-state index in [1.807, 2.05) is 29.7 Å². The van der Waals surface area contributed by atoms with E-state index in [1.54, 1.807) is 31.4 Å². The van der Waals surface area contributed by atoms with Crippen molar-refractivity contribution in [3.8, 4) is 23.8 Å². The second kappa shape index (κ2) is 7.89. The Morgan fingerprint density at radius 1 is 1.23 bits per heavy atom. The van der Waals surface area contributed by atoms with Crippen LogP contribution in [0, 0.1) is 12.3 Å². The molecule has 3 aromatic rings. The molecule has 2 aromatic carbocycles. The molecule has 0 aliphatic heterocycles. The van der Waals surface area contributed by atoms with Gasteiger partial charge in [0.1, 0.15) is 11.5 Å². The van der Waals surface area contributed by atoms with Gasteiger partial charge in [0.2, 0.25) is 0 Å². The molecule has 6 heteroatoms. The third kappa shape index (κ3) is 3.63. The molecule has 1 aromatic heterocycles. The van der Waals surface area contributed by atoms with Crippen molar-refractivity contribution in [2.45, 2.75) is 13.5 Å². The number of ether oxygens (including phenoxy) is 2. The maximum Gasteiger partial charge on any atom is 0.279 e. The molecule has 1 heterocycles. The van der Waals surface area contributed by atoms with Gasteiger partial charge in [0, 0.05) is 5.56 Å². The first-order chi connectivity index (χ1) is 12.7. The summed E-state index contributed by atoms with van der Waals surface area (Å²) in [6, 6.07) is 12.6. The highest BCUT2D eigenvalue weighted by atomic mass is 32.1. The van der Waals surface area contributed by atoms with Gasteiger partial charge in [-0.05, 0) is 49.4 Å². The number of methoxy groups -OCH3 is 1. The maximum absolute atomic E-state index is 12.5. The van der Waals surface area contributed by atoms with Crippen molar-refractivity contribution in [1.29, 1.82) is 0 Å². The predicted octanol–water partition coefficient (Wildman–Crippen LogP) is 3.48. The molecule has 26 heavy (non-hydrogen) atoms. The van der Waals surface area contributed by atoms with Gasteiger partial charge in [-0.2, -0.15) is 4.99 Å². The lowest BCUT2D eigenvalue weighted by atomic mass is 10.2. The maximum atomic E-state index is 12.5. The zero-order chi connectivity index (χ0) is 18.5. The molecule has 132 valence electrons. The summed E-state index contributed by atoms with van der Waals surface area (Å²) < 4.78 is 13.5. The first kappa shape index (κ1) is 17.8. The van der Waals surface area contributed by atoms with Gasteiger partial charge in [-0.15, -0.1) is 6.42 Å². The molecule has 0 aliphatic carbocycles. The van der Waals surface area contributed by atoms with E-state index in [2.05, 4.69) is 10.9 Å². The first-order valence-electron chi connectivity index (χ1n) is 8.09. The summed E-state index contributed by atoms with van der Waals surface area (Å²) >= 11 is 1.40. The van der Waals surface area contributed by atoms with E-state index in [0.717, 1.165) is 21.7 Å². The first-order valence-corrected chi connectivity index (χ1v) is 8.90. The van der Waals surface area contributed by atoms with Crippen molar-refractivity contribution in [2.24, 2.45) is 4.99 Å². The van der Waals surface area contributed by atoms with Crippen molar-refractivity contribution in [3.05, 3.63) is 52.8 Å². The Hall–Kier alpha value is -3.04. The standard InChI is InChI=1S/C20H18N2O3S/c1-4-12-22-17-11-10-16(24-3)13-18(17)26-20(22)21-19(23)14-6-8-15(9-7-14)25-5-2/h1,6-11,13H,5,12H2,2-3H3. The number of thiazole rings is 1. The Balaban J connectivity index is 2.03. The molecule has 0 aliphatic rings. The lowest BCUT2D eigenvalue weighted by molar-refractivity contribution is 0.0998. The van der Waals surface area contributed by atoms with Crippen LogP contribution < -0.4 is 14.3 Å². The molecule has 0 atom stereocenters. The van der Waals surface area contributed by atoms with Crippen LogP contribution in [-0.2, 0) is 6.54 Å². The molecule has 1 amide bonds. The predicted molar refractivity (Wildman–Crippen MR) is 103 cm³/mol. The van der Waals surface area contributed by atoms with Crippen LogP contribution >= 0.6 is 11.3 Å². The lowest BCUT2D eigenvalue weighted by Crippen LogP contribution is -2.16. The number of nitrogens with zero attached hydrogens (tertiary/aromatic N) is 2. The number of fused-ring (bicyclic) bond motifs is 1. The number of benzene rings is 2. The Kier molecular flexibility index (Phi) is 5.40. The second-order valence-electron chi connectivity index (χ2n) is 5.38. The van der Waals surface area contributed by atoms with Crippen LogP contribution in [0.5, 0.6) is 11.5 Å². The summed E-state index contributed by atoms with van der Waals surface area (Å²) in [7, 11) is 1.62. The monoisotopic (exact) mass is 366 g/mol. The molecule has 3 rings (SSSR count). The van der Waals surface area contributed by atoms with E-state index in [1.165, 1.54) is 11.3 Å². The fraction of sp³-hybridized carbons (Fsp3) is 0.200. The van der Waals surface area contributed by atoms with E-state index < -0.39 is 0 Å². The molecule has 0 radical (unpaired) electrons. The molecular formula is C20H18N2O3S. The molecule has 0 fully saturated rings. The summed E-state index contributed by atoms with van der Waals surface area (Å²) in [6.07, 6.45) is 5.49. The third-order valence-electron chi connectivity index (χ3n) is 3.75. The molecule has 0 N–H and O–H groups in total. The molecular weight excluding hydrogens is 348 g/mol. The summed E-state index contributed by atoms with van der Waals surface area (Å²) in [5.41, 5.74) is 1.42. The number of amides is 1. The van der Waals surface area contributed by atoms with Gasteiger partial charge in [-0.3, -0.25) is 4.79 Å². The molecule has 0 saturated heterocycles. The molecule has 0 bridgehead atoms. The topological polar surface area (TPSA) is 52.8 Å². The third-order valence-corrected chi connectivity index (χ3v) is 4.79. The van der Waals surface area contributed by atoms with Gasteiger partial charge >= 0.3 is 0 Å². The normalized spacial score (nSPS) is 11.3. The highest BCUT2D eigenvalue weighted by Gasteiger charge is 2.10. The molecule has 0 unspecified atom stereocenters. The van der Waals surface area contributed by atoms with E-state index in [-0.39, 0.29) is 5.91 Å². The highest BCUT2D eigenvalue weighted by Crippen LogP contribution is 2.23. The minimum absolute atomic E-state index is 0.322. The zero-order valence-corrected chi connectivity index (χ0v) is 15.4. The number of hydrogen-bond donors (Lipinski definition) is 0. The Morgan fingerprint density at radius 2 is 1.96 bits per heavy atom. The average Bonchev–Trinajstić information content (AvgIpc) is 2.99. The molecule has 0 saturated carbocycles. The molecule has 5 nitrogen and oxygen atoms in total. The molecule has 0 spiro atoms. The average molecular weight is 366 g/mol. The van der Waals surface area contributed by atoms with Gasteiger partial charge in [0.25, 0.3) is 5.91 Å². The lowest BCUT2D eigenvalue weighted by Gasteiger charge is -2.03. The highest BCUT2D eigenvalue weighted by molar-refractivity contribution is 7.16. The van der Waals surface area contributed by atoms with E-state index in [0.29, 0.717) is 23.5 Å². The van der Waals surface area contributed by atoms with Crippen LogP contribution in [0.2, 0.25) is 0 Å². The minimum Gasteiger partial charge on any atom is -0.497 e. The number of rotatable bonds is 5. The quantitative estimate of drug-likeness (QED) is 0.650. The van der Waals surface area contributed by atoms with Crippen molar-refractivity contribution in [3.63, 3.8) is 0 Å². The van der Waals surface area contributed by atoms with Crippen LogP contribution in [0.15, 0.2) is 47.5 Å².